The van der Waals surface area contributed by atoms with Crippen LogP contribution in [0.3, 0.4) is 0 Å². The summed E-state index contributed by atoms with van der Waals surface area (Å²) in [6.45, 7) is 5.57. The molecule has 0 bridgehead atoms. The van der Waals surface area contributed by atoms with E-state index in [4.69, 9.17) is 0 Å². The zero-order valence-corrected chi connectivity index (χ0v) is 12.3. The number of nitrogens with zero attached hydrogens (tertiary/aromatic N) is 2. The van der Waals surface area contributed by atoms with Gasteiger partial charge in [0.2, 0.25) is 0 Å². The summed E-state index contributed by atoms with van der Waals surface area (Å²) in [5, 5.41) is 3.43. The second-order valence-electron chi connectivity index (χ2n) is 5.70. The monoisotopic (exact) mass is 259 g/mol. The van der Waals surface area contributed by atoms with E-state index in [1.54, 1.807) is 0 Å². The summed E-state index contributed by atoms with van der Waals surface area (Å²) < 4.78 is 2.26. The quantitative estimate of drug-likeness (QED) is 0.825. The average Bonchev–Trinajstić information content (AvgIpc) is 2.80. The van der Waals surface area contributed by atoms with Crippen LogP contribution >= 0.6 is 0 Å². The molecule has 1 aromatic carbocycles. The van der Waals surface area contributed by atoms with Crippen molar-refractivity contribution in [3.8, 4) is 0 Å². The van der Waals surface area contributed by atoms with E-state index in [0.29, 0.717) is 6.04 Å². The first-order chi connectivity index (χ1) is 9.20. The molecule has 0 aliphatic carbocycles. The molecule has 2 rings (SSSR count). The summed E-state index contributed by atoms with van der Waals surface area (Å²) in [4.78, 5) is 4.45. The number of rotatable bonds is 7. The van der Waals surface area contributed by atoms with E-state index in [9.17, 15) is 0 Å². The molecule has 2 aromatic rings. The van der Waals surface area contributed by atoms with Gasteiger partial charge in [-0.05, 0) is 31.5 Å². The van der Waals surface area contributed by atoms with E-state index in [1.807, 2.05) is 12.4 Å². The van der Waals surface area contributed by atoms with Crippen molar-refractivity contribution in [2.24, 2.45) is 5.92 Å². The third kappa shape index (κ3) is 3.80. The molecule has 3 nitrogen and oxygen atoms in total. The Morgan fingerprint density at radius 1 is 1.21 bits per heavy atom. The van der Waals surface area contributed by atoms with Crippen LogP contribution < -0.4 is 5.32 Å². The fraction of sp³-hybridized carbons (Fsp3) is 0.562. The molecule has 0 aliphatic rings. The Labute approximate surface area is 116 Å². The Hall–Kier alpha value is -1.35. The maximum absolute atomic E-state index is 4.45. The Morgan fingerprint density at radius 2 is 2.00 bits per heavy atom. The molecule has 0 aliphatic heterocycles. The van der Waals surface area contributed by atoms with E-state index in [2.05, 4.69) is 54.0 Å². The molecular formula is C16H25N3. The van der Waals surface area contributed by atoms with E-state index in [1.165, 1.54) is 24.8 Å². The zero-order chi connectivity index (χ0) is 13.7. The van der Waals surface area contributed by atoms with Crippen LogP contribution in [-0.2, 0) is 6.54 Å². The van der Waals surface area contributed by atoms with Gasteiger partial charge in [0.25, 0.3) is 0 Å². The van der Waals surface area contributed by atoms with E-state index in [-0.39, 0.29) is 0 Å². The lowest BCUT2D eigenvalue weighted by atomic mass is 10.0. The van der Waals surface area contributed by atoms with Crippen LogP contribution in [0.1, 0.15) is 33.1 Å². The van der Waals surface area contributed by atoms with Crippen molar-refractivity contribution in [3.05, 3.63) is 30.6 Å². The maximum atomic E-state index is 4.45. The highest BCUT2D eigenvalue weighted by Crippen LogP contribution is 2.14. The second kappa shape index (κ2) is 6.71. The maximum Gasteiger partial charge on any atom is 0.0958 e. The normalized spacial score (nSPS) is 13.3. The Bertz CT molecular complexity index is 501. The van der Waals surface area contributed by atoms with Gasteiger partial charge in [0, 0.05) is 12.6 Å². The third-order valence-corrected chi connectivity index (χ3v) is 3.69. The van der Waals surface area contributed by atoms with Crippen LogP contribution in [0.4, 0.5) is 0 Å². The molecular weight excluding hydrogens is 234 g/mol. The summed E-state index contributed by atoms with van der Waals surface area (Å²) in [5.41, 5.74) is 2.31. The topological polar surface area (TPSA) is 29.9 Å². The predicted octanol–water partition coefficient (Wildman–Crippen LogP) is 3.45. The lowest BCUT2D eigenvalue weighted by Gasteiger charge is -2.17. The largest absolute Gasteiger partial charge is 0.329 e. The number of likely N-dealkylation sites (N-methyl/N-ethyl adjacent to an activating group) is 1. The minimum Gasteiger partial charge on any atom is -0.329 e. The molecule has 0 spiro atoms. The Kier molecular flexibility index (Phi) is 4.97. The van der Waals surface area contributed by atoms with Crippen molar-refractivity contribution in [3.63, 3.8) is 0 Å². The van der Waals surface area contributed by atoms with Crippen molar-refractivity contribution in [1.29, 1.82) is 0 Å². The summed E-state index contributed by atoms with van der Waals surface area (Å²) in [7, 11) is 2.05. The first-order valence-corrected chi connectivity index (χ1v) is 7.28. The molecule has 0 fully saturated rings. The molecule has 0 amide bonds. The minimum absolute atomic E-state index is 0.524. The van der Waals surface area contributed by atoms with Gasteiger partial charge in [0.05, 0.1) is 17.4 Å². The van der Waals surface area contributed by atoms with Gasteiger partial charge in [-0.2, -0.15) is 0 Å². The smallest absolute Gasteiger partial charge is 0.0958 e. The highest BCUT2D eigenvalue weighted by atomic mass is 15.1. The summed E-state index contributed by atoms with van der Waals surface area (Å²) >= 11 is 0. The van der Waals surface area contributed by atoms with Crippen LogP contribution in [0.25, 0.3) is 11.0 Å². The van der Waals surface area contributed by atoms with Crippen molar-refractivity contribution in [1.82, 2.24) is 14.9 Å². The molecule has 1 aromatic heterocycles. The van der Waals surface area contributed by atoms with E-state index in [0.717, 1.165) is 18.0 Å². The van der Waals surface area contributed by atoms with E-state index >= 15 is 0 Å². The summed E-state index contributed by atoms with van der Waals surface area (Å²) in [6.07, 6.45) is 5.78. The zero-order valence-electron chi connectivity index (χ0n) is 12.3. The van der Waals surface area contributed by atoms with Crippen LogP contribution in [0.5, 0.6) is 0 Å². The molecule has 0 saturated heterocycles. The molecule has 1 heterocycles. The lowest BCUT2D eigenvalue weighted by molar-refractivity contribution is 0.421. The molecule has 104 valence electrons. The fourth-order valence-corrected chi connectivity index (χ4v) is 2.49. The number of benzene rings is 1. The molecule has 1 N–H and O–H groups in total. The van der Waals surface area contributed by atoms with E-state index < -0.39 is 0 Å². The highest BCUT2D eigenvalue weighted by molar-refractivity contribution is 5.74. The van der Waals surface area contributed by atoms with Gasteiger partial charge >= 0.3 is 0 Å². The van der Waals surface area contributed by atoms with Crippen molar-refractivity contribution in [2.75, 3.05) is 7.05 Å². The van der Waals surface area contributed by atoms with Gasteiger partial charge < -0.3 is 9.88 Å². The van der Waals surface area contributed by atoms with Gasteiger partial charge in [-0.15, -0.1) is 0 Å². The van der Waals surface area contributed by atoms with Crippen LogP contribution in [0.15, 0.2) is 30.6 Å². The van der Waals surface area contributed by atoms with Crippen molar-refractivity contribution >= 4 is 11.0 Å². The fourth-order valence-electron chi connectivity index (χ4n) is 2.49. The highest BCUT2D eigenvalue weighted by Gasteiger charge is 2.09. The van der Waals surface area contributed by atoms with Crippen molar-refractivity contribution < 1.29 is 0 Å². The van der Waals surface area contributed by atoms with Gasteiger partial charge in [0.1, 0.15) is 0 Å². The number of aromatic nitrogens is 2. The lowest BCUT2D eigenvalue weighted by Crippen LogP contribution is -2.30. The number of hydrogen-bond acceptors (Lipinski definition) is 2. The molecule has 19 heavy (non-hydrogen) atoms. The third-order valence-electron chi connectivity index (χ3n) is 3.69. The number of fused-ring (bicyclic) bond motifs is 1. The predicted molar refractivity (Wildman–Crippen MR) is 81.3 cm³/mol. The van der Waals surface area contributed by atoms with Gasteiger partial charge in [-0.25, -0.2) is 4.98 Å². The molecule has 3 heteroatoms. The Morgan fingerprint density at radius 3 is 2.74 bits per heavy atom. The Balaban J connectivity index is 1.97. The van der Waals surface area contributed by atoms with Gasteiger partial charge in [-0.1, -0.05) is 38.8 Å². The number of nitrogens with one attached hydrogen (secondary N) is 1. The molecule has 0 saturated carbocycles. The standard InChI is InChI=1S/C16H25N3/c1-13(2)7-6-8-14(17-3)11-19-12-18-15-9-4-5-10-16(15)19/h4-5,9-10,12-14,17H,6-8,11H2,1-3H3. The summed E-state index contributed by atoms with van der Waals surface area (Å²) in [5.74, 6) is 0.798. The molecule has 1 atom stereocenters. The van der Waals surface area contributed by atoms with Crippen LogP contribution in [-0.4, -0.2) is 22.6 Å². The van der Waals surface area contributed by atoms with Crippen molar-refractivity contribution in [2.45, 2.75) is 45.7 Å². The number of hydrogen-bond donors (Lipinski definition) is 1. The summed E-state index contributed by atoms with van der Waals surface area (Å²) in [6, 6.07) is 8.85. The van der Waals surface area contributed by atoms with Crippen LogP contribution in [0.2, 0.25) is 0 Å². The average molecular weight is 259 g/mol. The van der Waals surface area contributed by atoms with Crippen LogP contribution in [0, 0.1) is 5.92 Å². The van der Waals surface area contributed by atoms with Gasteiger partial charge in [0.15, 0.2) is 0 Å². The first kappa shape index (κ1) is 14.1. The second-order valence-corrected chi connectivity index (χ2v) is 5.70. The minimum atomic E-state index is 0.524. The first-order valence-electron chi connectivity index (χ1n) is 7.28. The molecule has 0 radical (unpaired) electrons. The number of para-hydroxylation sites is 2. The SMILES string of the molecule is CNC(CCCC(C)C)Cn1cnc2ccccc21. The number of imidazole rings is 1. The molecule has 1 unspecified atom stereocenters. The van der Waals surface area contributed by atoms with Gasteiger partial charge in [-0.3, -0.25) is 0 Å².